The quantitative estimate of drug-likeness (QED) is 0.366. The predicted molar refractivity (Wildman–Crippen MR) is 90.9 cm³/mol. The Bertz CT molecular complexity index is 362. The molecule has 0 unspecified atom stereocenters. The molecule has 0 spiro atoms. The molecular formula is C16H35NO4S. The van der Waals surface area contributed by atoms with Crippen LogP contribution in [0.25, 0.3) is 0 Å². The smallest absolute Gasteiger partial charge is 0.262 e. The van der Waals surface area contributed by atoms with Crippen molar-refractivity contribution in [3.63, 3.8) is 0 Å². The second kappa shape index (κ2) is 11.4. The fourth-order valence-corrected chi connectivity index (χ4v) is 3.46. The highest BCUT2D eigenvalue weighted by atomic mass is 32.3. The topological polar surface area (TPSA) is 66.8 Å². The van der Waals surface area contributed by atoms with Crippen molar-refractivity contribution < 1.29 is 17.3 Å². The highest BCUT2D eigenvalue weighted by Gasteiger charge is 2.38. The van der Waals surface area contributed by atoms with E-state index in [0.29, 0.717) is 6.54 Å². The van der Waals surface area contributed by atoms with E-state index in [1.54, 1.807) is 5.06 Å². The lowest BCUT2D eigenvalue weighted by Crippen LogP contribution is -2.50. The maximum absolute atomic E-state index is 11.3. The van der Waals surface area contributed by atoms with Crippen LogP contribution in [-0.2, 0) is 14.7 Å². The first kappa shape index (κ1) is 21.8. The van der Waals surface area contributed by atoms with E-state index in [0.717, 1.165) is 64.2 Å². The van der Waals surface area contributed by atoms with Gasteiger partial charge in [-0.25, -0.2) is 0 Å². The molecule has 22 heavy (non-hydrogen) atoms. The van der Waals surface area contributed by atoms with E-state index >= 15 is 0 Å². The van der Waals surface area contributed by atoms with Crippen molar-refractivity contribution in [1.82, 2.24) is 5.06 Å². The van der Waals surface area contributed by atoms with Gasteiger partial charge in [-0.05, 0) is 25.7 Å². The molecule has 0 aromatic carbocycles. The van der Waals surface area contributed by atoms with Crippen molar-refractivity contribution in [2.75, 3.05) is 6.54 Å². The van der Waals surface area contributed by atoms with E-state index in [9.17, 15) is 13.0 Å². The lowest BCUT2D eigenvalue weighted by atomic mass is 9.82. The van der Waals surface area contributed by atoms with Crippen LogP contribution in [0.1, 0.15) is 91.9 Å². The standard InChI is InChI=1S/C16H35NO4S/c1-5-9-13-16(12-8-4,14-10-6-2)17(15-11-7-3)21-22(18,19)20/h5-15H2,1-4H3,(H,18,19,20). The highest BCUT2D eigenvalue weighted by molar-refractivity contribution is 7.80. The van der Waals surface area contributed by atoms with Gasteiger partial charge in [-0.2, -0.15) is 17.8 Å². The van der Waals surface area contributed by atoms with Crippen LogP contribution in [0.15, 0.2) is 0 Å². The van der Waals surface area contributed by atoms with Crippen molar-refractivity contribution in [3.8, 4) is 0 Å². The third-order valence-corrected chi connectivity index (χ3v) is 4.50. The second-order valence-corrected chi connectivity index (χ2v) is 7.14. The van der Waals surface area contributed by atoms with E-state index in [1.165, 1.54) is 0 Å². The van der Waals surface area contributed by atoms with E-state index in [2.05, 4.69) is 27.7 Å². The summed E-state index contributed by atoms with van der Waals surface area (Å²) >= 11 is 0. The summed E-state index contributed by atoms with van der Waals surface area (Å²) in [6.45, 7) is 8.97. The van der Waals surface area contributed by atoms with Gasteiger partial charge in [0.15, 0.2) is 0 Å². The number of hydroxylamine groups is 2. The third kappa shape index (κ3) is 8.46. The average Bonchev–Trinajstić information content (AvgIpc) is 2.45. The Morgan fingerprint density at radius 3 is 1.73 bits per heavy atom. The van der Waals surface area contributed by atoms with E-state index in [4.69, 9.17) is 4.28 Å². The van der Waals surface area contributed by atoms with E-state index < -0.39 is 10.4 Å². The molecule has 0 saturated heterocycles. The van der Waals surface area contributed by atoms with Crippen LogP contribution >= 0.6 is 0 Å². The maximum atomic E-state index is 11.3. The zero-order valence-corrected chi connectivity index (χ0v) is 15.6. The summed E-state index contributed by atoms with van der Waals surface area (Å²) in [4.78, 5) is 0. The zero-order valence-electron chi connectivity index (χ0n) is 14.8. The second-order valence-electron chi connectivity index (χ2n) is 6.14. The molecule has 6 heteroatoms. The van der Waals surface area contributed by atoms with E-state index in [-0.39, 0.29) is 5.54 Å². The summed E-state index contributed by atoms with van der Waals surface area (Å²) in [6.07, 6.45) is 9.62. The highest BCUT2D eigenvalue weighted by Crippen LogP contribution is 2.34. The fraction of sp³-hybridized carbons (Fsp3) is 1.00. The molecule has 0 aromatic heterocycles. The van der Waals surface area contributed by atoms with Crippen molar-refractivity contribution in [1.29, 1.82) is 0 Å². The minimum atomic E-state index is -4.48. The van der Waals surface area contributed by atoms with Crippen LogP contribution < -0.4 is 0 Å². The van der Waals surface area contributed by atoms with Gasteiger partial charge in [0.25, 0.3) is 0 Å². The molecule has 134 valence electrons. The van der Waals surface area contributed by atoms with Crippen LogP contribution in [0, 0.1) is 0 Å². The van der Waals surface area contributed by atoms with Gasteiger partial charge in [0.1, 0.15) is 0 Å². The first-order valence-corrected chi connectivity index (χ1v) is 10.2. The molecule has 5 nitrogen and oxygen atoms in total. The minimum absolute atomic E-state index is 0.300. The van der Waals surface area contributed by atoms with Gasteiger partial charge in [0.05, 0.1) is 0 Å². The van der Waals surface area contributed by atoms with Crippen molar-refractivity contribution in [2.45, 2.75) is 97.4 Å². The molecule has 0 aliphatic carbocycles. The van der Waals surface area contributed by atoms with Gasteiger partial charge < -0.3 is 0 Å². The van der Waals surface area contributed by atoms with E-state index in [1.807, 2.05) is 0 Å². The molecule has 0 fully saturated rings. The zero-order chi connectivity index (χ0) is 17.1. The fourth-order valence-electron chi connectivity index (χ4n) is 3.00. The van der Waals surface area contributed by atoms with Crippen LogP contribution in [0.5, 0.6) is 0 Å². The summed E-state index contributed by atoms with van der Waals surface area (Å²) in [7, 11) is -4.48. The van der Waals surface area contributed by atoms with Crippen molar-refractivity contribution >= 4 is 10.4 Å². The molecule has 0 aliphatic heterocycles. The Balaban J connectivity index is 5.42. The first-order valence-electron chi connectivity index (χ1n) is 8.79. The summed E-state index contributed by atoms with van der Waals surface area (Å²) in [6, 6.07) is 0. The van der Waals surface area contributed by atoms with Crippen molar-refractivity contribution in [3.05, 3.63) is 0 Å². The van der Waals surface area contributed by atoms with Crippen LogP contribution in [-0.4, -0.2) is 30.1 Å². The predicted octanol–water partition coefficient (Wildman–Crippen LogP) is 4.74. The third-order valence-electron chi connectivity index (χ3n) is 4.13. The molecule has 0 aromatic rings. The molecule has 0 heterocycles. The molecule has 0 atom stereocenters. The van der Waals surface area contributed by atoms with Gasteiger partial charge in [-0.1, -0.05) is 66.2 Å². The lowest BCUT2D eigenvalue weighted by molar-refractivity contribution is -0.159. The Labute approximate surface area is 137 Å². The normalized spacial score (nSPS) is 13.0. The number of hydrogen-bond donors (Lipinski definition) is 1. The number of hydrogen-bond acceptors (Lipinski definition) is 4. The van der Waals surface area contributed by atoms with Crippen LogP contribution in [0.2, 0.25) is 0 Å². The summed E-state index contributed by atoms with van der Waals surface area (Å²) in [5.74, 6) is 0. The first-order chi connectivity index (χ1) is 10.3. The van der Waals surface area contributed by atoms with Gasteiger partial charge in [0, 0.05) is 12.1 Å². The molecular weight excluding hydrogens is 302 g/mol. The molecule has 0 saturated carbocycles. The van der Waals surface area contributed by atoms with Gasteiger partial charge in [0.2, 0.25) is 0 Å². The van der Waals surface area contributed by atoms with Crippen LogP contribution in [0.4, 0.5) is 0 Å². The SMILES string of the molecule is CCCCN(OS(=O)(=O)O)C(CCC)(CCCC)CCCC. The Morgan fingerprint density at radius 2 is 1.36 bits per heavy atom. The number of unbranched alkanes of at least 4 members (excludes halogenated alkanes) is 3. The monoisotopic (exact) mass is 337 g/mol. The number of nitrogens with zero attached hydrogens (tertiary/aromatic N) is 1. The lowest BCUT2D eigenvalue weighted by Gasteiger charge is -2.42. The van der Waals surface area contributed by atoms with Gasteiger partial charge >= 0.3 is 10.4 Å². The molecule has 1 N–H and O–H groups in total. The summed E-state index contributed by atoms with van der Waals surface area (Å²) in [5.41, 5.74) is -0.300. The Hall–Kier alpha value is -0.170. The molecule has 0 aliphatic rings. The van der Waals surface area contributed by atoms with Gasteiger partial charge in [-0.3, -0.25) is 4.55 Å². The number of rotatable bonds is 14. The molecule has 0 radical (unpaired) electrons. The minimum Gasteiger partial charge on any atom is -0.262 e. The van der Waals surface area contributed by atoms with Gasteiger partial charge in [-0.15, -0.1) is 0 Å². The summed E-state index contributed by atoms with van der Waals surface area (Å²) in [5, 5.41) is 1.57. The Kier molecular flexibility index (Phi) is 11.3. The Morgan fingerprint density at radius 1 is 0.864 bits per heavy atom. The largest absolute Gasteiger partial charge is 0.413 e. The van der Waals surface area contributed by atoms with Crippen molar-refractivity contribution in [2.24, 2.45) is 0 Å². The maximum Gasteiger partial charge on any atom is 0.413 e. The molecule has 0 bridgehead atoms. The molecule has 0 amide bonds. The summed E-state index contributed by atoms with van der Waals surface area (Å²) < 4.78 is 36.8. The van der Waals surface area contributed by atoms with Crippen LogP contribution in [0.3, 0.4) is 0 Å². The average molecular weight is 338 g/mol. The molecule has 0 rings (SSSR count).